The second-order valence-corrected chi connectivity index (χ2v) is 5.37. The highest BCUT2D eigenvalue weighted by Gasteiger charge is 2.24. The Balaban J connectivity index is 2.22. The first kappa shape index (κ1) is 13.8. The fourth-order valence-corrected chi connectivity index (χ4v) is 2.68. The van der Waals surface area contributed by atoms with Crippen LogP contribution < -0.4 is 5.73 Å². The van der Waals surface area contributed by atoms with Gasteiger partial charge >= 0.3 is 0 Å². The van der Waals surface area contributed by atoms with Gasteiger partial charge in [-0.2, -0.15) is 0 Å². The summed E-state index contributed by atoms with van der Waals surface area (Å²) in [5.74, 6) is 0.539. The molecule has 2 heterocycles. The van der Waals surface area contributed by atoms with E-state index < -0.39 is 0 Å². The zero-order valence-electron chi connectivity index (χ0n) is 11.9. The third-order valence-electron chi connectivity index (χ3n) is 3.72. The standard InChI is InChI=1S/C15H23N3O/c1-3-6-13-9-12(10-14(16)17-13)15(19)18-8-5-4-7-11(18)2/h9-11H,3-8H2,1-2H3,(H2,16,17). The number of likely N-dealkylation sites (tertiary alicyclic amines) is 1. The number of carbonyl (C=O) groups excluding carboxylic acids is 1. The maximum Gasteiger partial charge on any atom is 0.254 e. The second kappa shape index (κ2) is 6.04. The molecule has 2 N–H and O–H groups in total. The van der Waals surface area contributed by atoms with Gasteiger partial charge in [0.2, 0.25) is 0 Å². The van der Waals surface area contributed by atoms with Crippen molar-refractivity contribution in [3.8, 4) is 0 Å². The molecule has 4 heteroatoms. The first-order chi connectivity index (χ1) is 9.11. The predicted octanol–water partition coefficient (Wildman–Crippen LogP) is 2.63. The van der Waals surface area contributed by atoms with E-state index in [2.05, 4.69) is 18.8 Å². The van der Waals surface area contributed by atoms with Gasteiger partial charge in [0.15, 0.2) is 0 Å². The Hall–Kier alpha value is -1.58. The van der Waals surface area contributed by atoms with Crippen molar-refractivity contribution < 1.29 is 4.79 Å². The van der Waals surface area contributed by atoms with Crippen LogP contribution in [0.5, 0.6) is 0 Å². The molecular formula is C15H23N3O. The van der Waals surface area contributed by atoms with Crippen molar-refractivity contribution in [2.45, 2.75) is 52.0 Å². The van der Waals surface area contributed by atoms with Gasteiger partial charge in [-0.15, -0.1) is 0 Å². The number of pyridine rings is 1. The molecule has 1 amide bonds. The number of carbonyl (C=O) groups is 1. The Morgan fingerprint density at radius 1 is 1.47 bits per heavy atom. The lowest BCUT2D eigenvalue weighted by molar-refractivity contribution is 0.0635. The fraction of sp³-hybridized carbons (Fsp3) is 0.600. The molecule has 1 aliphatic rings. The van der Waals surface area contributed by atoms with Crippen LogP contribution in [0.4, 0.5) is 5.82 Å². The molecule has 1 aromatic heterocycles. The minimum absolute atomic E-state index is 0.0960. The number of nitrogens with zero attached hydrogens (tertiary/aromatic N) is 2. The van der Waals surface area contributed by atoms with Crippen LogP contribution in [-0.4, -0.2) is 28.4 Å². The molecule has 1 fully saturated rings. The van der Waals surface area contributed by atoms with E-state index in [9.17, 15) is 4.79 Å². The number of aromatic nitrogens is 1. The topological polar surface area (TPSA) is 59.2 Å². The van der Waals surface area contributed by atoms with Gasteiger partial charge in [0.25, 0.3) is 5.91 Å². The number of aryl methyl sites for hydroxylation is 1. The predicted molar refractivity (Wildman–Crippen MR) is 77.0 cm³/mol. The average Bonchev–Trinajstić information content (AvgIpc) is 2.38. The molecular weight excluding hydrogens is 238 g/mol. The van der Waals surface area contributed by atoms with Gasteiger partial charge in [-0.25, -0.2) is 4.98 Å². The average molecular weight is 261 g/mol. The molecule has 1 unspecified atom stereocenters. The summed E-state index contributed by atoms with van der Waals surface area (Å²) in [6.07, 6.45) is 5.27. The molecule has 0 aliphatic carbocycles. The lowest BCUT2D eigenvalue weighted by atomic mass is 10.0. The zero-order valence-corrected chi connectivity index (χ0v) is 11.9. The number of anilines is 1. The van der Waals surface area contributed by atoms with E-state index in [-0.39, 0.29) is 5.91 Å². The van der Waals surface area contributed by atoms with Crippen molar-refractivity contribution in [2.75, 3.05) is 12.3 Å². The smallest absolute Gasteiger partial charge is 0.254 e. The lowest BCUT2D eigenvalue weighted by Crippen LogP contribution is -2.42. The zero-order chi connectivity index (χ0) is 13.8. The van der Waals surface area contributed by atoms with Crippen LogP contribution in [0.2, 0.25) is 0 Å². The third-order valence-corrected chi connectivity index (χ3v) is 3.72. The van der Waals surface area contributed by atoms with Crippen LogP contribution in [0.25, 0.3) is 0 Å². The molecule has 1 saturated heterocycles. The molecule has 0 spiro atoms. The highest BCUT2D eigenvalue weighted by molar-refractivity contribution is 5.95. The van der Waals surface area contributed by atoms with Crippen LogP contribution in [0.1, 0.15) is 55.6 Å². The lowest BCUT2D eigenvalue weighted by Gasteiger charge is -2.33. The molecule has 1 aliphatic heterocycles. The summed E-state index contributed by atoms with van der Waals surface area (Å²) in [4.78, 5) is 18.8. The third kappa shape index (κ3) is 3.25. The largest absolute Gasteiger partial charge is 0.384 e. The fourth-order valence-electron chi connectivity index (χ4n) is 2.68. The van der Waals surface area contributed by atoms with Crippen molar-refractivity contribution in [1.82, 2.24) is 9.88 Å². The Labute approximate surface area is 115 Å². The summed E-state index contributed by atoms with van der Waals surface area (Å²) in [7, 11) is 0. The number of hydrogen-bond acceptors (Lipinski definition) is 3. The Morgan fingerprint density at radius 3 is 2.95 bits per heavy atom. The first-order valence-electron chi connectivity index (χ1n) is 7.19. The van der Waals surface area contributed by atoms with Crippen molar-refractivity contribution in [3.05, 3.63) is 23.4 Å². The number of hydrogen-bond donors (Lipinski definition) is 1. The number of nitrogen functional groups attached to an aromatic ring is 1. The molecule has 1 aromatic rings. The summed E-state index contributed by atoms with van der Waals surface area (Å²) in [5.41, 5.74) is 7.41. The van der Waals surface area contributed by atoms with Crippen LogP contribution in [0.15, 0.2) is 12.1 Å². The van der Waals surface area contributed by atoms with E-state index in [1.807, 2.05) is 11.0 Å². The van der Waals surface area contributed by atoms with E-state index in [0.717, 1.165) is 37.9 Å². The van der Waals surface area contributed by atoms with Crippen molar-refractivity contribution in [3.63, 3.8) is 0 Å². The summed E-state index contributed by atoms with van der Waals surface area (Å²) >= 11 is 0. The molecule has 104 valence electrons. The van der Waals surface area contributed by atoms with Crippen molar-refractivity contribution >= 4 is 11.7 Å². The second-order valence-electron chi connectivity index (χ2n) is 5.37. The summed E-state index contributed by atoms with van der Waals surface area (Å²) in [5, 5.41) is 0. The van der Waals surface area contributed by atoms with Gasteiger partial charge in [0, 0.05) is 23.8 Å². The molecule has 0 radical (unpaired) electrons. The van der Waals surface area contributed by atoms with E-state index >= 15 is 0 Å². The molecule has 4 nitrogen and oxygen atoms in total. The molecule has 1 atom stereocenters. The highest BCUT2D eigenvalue weighted by atomic mass is 16.2. The monoisotopic (exact) mass is 261 g/mol. The maximum atomic E-state index is 12.6. The SMILES string of the molecule is CCCc1cc(C(=O)N2CCCCC2C)cc(N)n1. The first-order valence-corrected chi connectivity index (χ1v) is 7.19. The normalized spacial score (nSPS) is 19.5. The molecule has 19 heavy (non-hydrogen) atoms. The Bertz CT molecular complexity index is 459. The molecule has 2 rings (SSSR count). The van der Waals surface area contributed by atoms with E-state index in [1.54, 1.807) is 6.07 Å². The van der Waals surface area contributed by atoms with Crippen LogP contribution >= 0.6 is 0 Å². The van der Waals surface area contributed by atoms with E-state index in [0.29, 0.717) is 17.4 Å². The van der Waals surface area contributed by atoms with Crippen molar-refractivity contribution in [1.29, 1.82) is 0 Å². The van der Waals surface area contributed by atoms with Crippen LogP contribution in [-0.2, 0) is 6.42 Å². The quantitative estimate of drug-likeness (QED) is 0.910. The van der Waals surface area contributed by atoms with Crippen LogP contribution in [0, 0.1) is 0 Å². The number of nitrogens with two attached hydrogens (primary N) is 1. The van der Waals surface area contributed by atoms with Crippen molar-refractivity contribution in [2.24, 2.45) is 0 Å². The number of amides is 1. The number of rotatable bonds is 3. The Kier molecular flexibility index (Phi) is 4.40. The maximum absolute atomic E-state index is 12.6. The minimum atomic E-state index is 0.0960. The van der Waals surface area contributed by atoms with Gasteiger partial charge in [0.05, 0.1) is 0 Å². The van der Waals surface area contributed by atoms with Gasteiger partial charge < -0.3 is 10.6 Å². The molecule has 0 saturated carbocycles. The summed E-state index contributed by atoms with van der Waals surface area (Å²) in [6, 6.07) is 3.91. The van der Waals surface area contributed by atoms with Gasteiger partial charge in [0.1, 0.15) is 5.82 Å². The molecule has 0 aromatic carbocycles. The molecule has 0 bridgehead atoms. The summed E-state index contributed by atoms with van der Waals surface area (Å²) in [6.45, 7) is 5.07. The van der Waals surface area contributed by atoms with Gasteiger partial charge in [-0.1, -0.05) is 13.3 Å². The minimum Gasteiger partial charge on any atom is -0.384 e. The van der Waals surface area contributed by atoms with Gasteiger partial charge in [-0.3, -0.25) is 4.79 Å². The van der Waals surface area contributed by atoms with Crippen LogP contribution in [0.3, 0.4) is 0 Å². The highest BCUT2D eigenvalue weighted by Crippen LogP contribution is 2.20. The van der Waals surface area contributed by atoms with Gasteiger partial charge in [-0.05, 0) is 44.7 Å². The Morgan fingerprint density at radius 2 is 2.26 bits per heavy atom. The number of piperidine rings is 1. The summed E-state index contributed by atoms with van der Waals surface area (Å²) < 4.78 is 0. The van der Waals surface area contributed by atoms with E-state index in [4.69, 9.17) is 5.73 Å². The van der Waals surface area contributed by atoms with E-state index in [1.165, 1.54) is 6.42 Å².